The van der Waals surface area contributed by atoms with E-state index in [4.69, 9.17) is 9.26 Å². The summed E-state index contributed by atoms with van der Waals surface area (Å²) < 4.78 is 11.0. The third-order valence-corrected chi connectivity index (χ3v) is 6.22. The number of carbonyl (C=O) groups is 1. The summed E-state index contributed by atoms with van der Waals surface area (Å²) in [6, 6.07) is 15.9. The average Bonchev–Trinajstić information content (AvgIpc) is 3.28. The summed E-state index contributed by atoms with van der Waals surface area (Å²) in [5.74, 6) is 2.23. The molecule has 0 radical (unpaired) electrons. The maximum absolute atomic E-state index is 12.8. The van der Waals surface area contributed by atoms with Gasteiger partial charge in [-0.25, -0.2) is 0 Å². The molecule has 1 aromatic heterocycles. The lowest BCUT2D eigenvalue weighted by atomic mass is 9.95. The van der Waals surface area contributed by atoms with Crippen LogP contribution in [0.1, 0.15) is 49.7 Å². The molecular weight excluding hydrogens is 416 g/mol. The zero-order valence-electron chi connectivity index (χ0n) is 19.6. The lowest BCUT2D eigenvalue weighted by Gasteiger charge is -2.30. The Labute approximate surface area is 195 Å². The van der Waals surface area contributed by atoms with Gasteiger partial charge < -0.3 is 14.6 Å². The van der Waals surface area contributed by atoms with Crippen LogP contribution in [0.3, 0.4) is 0 Å². The van der Waals surface area contributed by atoms with Crippen molar-refractivity contribution in [1.82, 2.24) is 20.4 Å². The molecule has 1 aliphatic rings. The lowest BCUT2D eigenvalue weighted by Crippen LogP contribution is -2.40. The van der Waals surface area contributed by atoms with Crippen molar-refractivity contribution in [2.24, 2.45) is 5.92 Å². The lowest BCUT2D eigenvalue weighted by molar-refractivity contribution is -0.127. The molecule has 7 heteroatoms. The van der Waals surface area contributed by atoms with Crippen LogP contribution in [0.4, 0.5) is 0 Å². The maximum Gasteiger partial charge on any atom is 0.241 e. The Morgan fingerprint density at radius 2 is 1.91 bits per heavy atom. The maximum atomic E-state index is 12.8. The van der Waals surface area contributed by atoms with E-state index in [1.165, 1.54) is 0 Å². The van der Waals surface area contributed by atoms with Gasteiger partial charge in [-0.05, 0) is 70.0 Å². The SMILES string of the molecule is CCOc1ccc(C(C)NC(=O)C2CCN(Cc3nc(-c4ccccc4C)no3)CC2)cc1. The van der Waals surface area contributed by atoms with Gasteiger partial charge in [0.1, 0.15) is 5.75 Å². The first-order chi connectivity index (χ1) is 16.0. The van der Waals surface area contributed by atoms with Crippen LogP contribution < -0.4 is 10.1 Å². The second-order valence-corrected chi connectivity index (χ2v) is 8.61. The van der Waals surface area contributed by atoms with Crippen LogP contribution >= 0.6 is 0 Å². The second kappa shape index (κ2) is 10.6. The molecule has 1 fully saturated rings. The predicted molar refractivity (Wildman–Crippen MR) is 127 cm³/mol. The topological polar surface area (TPSA) is 80.5 Å². The minimum atomic E-state index is -0.0375. The third kappa shape index (κ3) is 5.79. The molecule has 0 aliphatic carbocycles. The zero-order chi connectivity index (χ0) is 23.2. The van der Waals surface area contributed by atoms with Crippen molar-refractivity contribution in [3.8, 4) is 17.1 Å². The first-order valence-corrected chi connectivity index (χ1v) is 11.7. The van der Waals surface area contributed by atoms with Crippen molar-refractivity contribution >= 4 is 5.91 Å². The van der Waals surface area contributed by atoms with Crippen LogP contribution in [-0.4, -0.2) is 40.6 Å². The van der Waals surface area contributed by atoms with Gasteiger partial charge in [0, 0.05) is 11.5 Å². The van der Waals surface area contributed by atoms with Gasteiger partial charge in [-0.15, -0.1) is 0 Å². The van der Waals surface area contributed by atoms with Crippen molar-refractivity contribution in [1.29, 1.82) is 0 Å². The highest BCUT2D eigenvalue weighted by molar-refractivity contribution is 5.79. The Morgan fingerprint density at radius 1 is 1.18 bits per heavy atom. The van der Waals surface area contributed by atoms with Gasteiger partial charge >= 0.3 is 0 Å². The van der Waals surface area contributed by atoms with Crippen molar-refractivity contribution in [2.45, 2.75) is 46.2 Å². The Hall–Kier alpha value is -3.19. The molecular formula is C26H32N4O3. The van der Waals surface area contributed by atoms with Gasteiger partial charge in [0.05, 0.1) is 19.2 Å². The van der Waals surface area contributed by atoms with E-state index in [2.05, 4.69) is 20.4 Å². The number of piperidine rings is 1. The Morgan fingerprint density at radius 3 is 2.61 bits per heavy atom. The number of carbonyl (C=O) groups excluding carboxylic acids is 1. The summed E-state index contributed by atoms with van der Waals surface area (Å²) in [7, 11) is 0. The van der Waals surface area contributed by atoms with Gasteiger partial charge in [0.15, 0.2) is 0 Å². The molecule has 33 heavy (non-hydrogen) atoms. The molecule has 0 bridgehead atoms. The average molecular weight is 449 g/mol. The number of benzene rings is 2. The minimum absolute atomic E-state index is 0.0246. The van der Waals surface area contributed by atoms with E-state index in [9.17, 15) is 4.79 Å². The molecule has 1 atom stereocenters. The monoisotopic (exact) mass is 448 g/mol. The van der Waals surface area contributed by atoms with Gasteiger partial charge in [-0.2, -0.15) is 4.98 Å². The molecule has 0 spiro atoms. The van der Waals surface area contributed by atoms with Crippen LogP contribution in [0.25, 0.3) is 11.4 Å². The molecule has 1 amide bonds. The number of likely N-dealkylation sites (tertiary alicyclic amines) is 1. The summed E-state index contributed by atoms with van der Waals surface area (Å²) >= 11 is 0. The molecule has 3 aromatic rings. The van der Waals surface area contributed by atoms with E-state index < -0.39 is 0 Å². The third-order valence-electron chi connectivity index (χ3n) is 6.22. The number of amides is 1. The van der Waals surface area contributed by atoms with E-state index in [-0.39, 0.29) is 17.9 Å². The van der Waals surface area contributed by atoms with Crippen molar-refractivity contribution in [3.63, 3.8) is 0 Å². The fraction of sp³-hybridized carbons (Fsp3) is 0.423. The Kier molecular flexibility index (Phi) is 7.40. The number of ether oxygens (including phenoxy) is 1. The van der Waals surface area contributed by atoms with Gasteiger partial charge in [0.2, 0.25) is 17.6 Å². The minimum Gasteiger partial charge on any atom is -0.494 e. The quantitative estimate of drug-likeness (QED) is 0.545. The van der Waals surface area contributed by atoms with Crippen LogP contribution in [0.2, 0.25) is 0 Å². The fourth-order valence-corrected chi connectivity index (χ4v) is 4.23. The van der Waals surface area contributed by atoms with E-state index >= 15 is 0 Å². The molecule has 1 aliphatic heterocycles. The van der Waals surface area contributed by atoms with Crippen LogP contribution in [0, 0.1) is 12.8 Å². The van der Waals surface area contributed by atoms with E-state index in [1.807, 2.05) is 69.3 Å². The molecule has 1 N–H and O–H groups in total. The highest BCUT2D eigenvalue weighted by Gasteiger charge is 2.27. The highest BCUT2D eigenvalue weighted by atomic mass is 16.5. The summed E-state index contributed by atoms with van der Waals surface area (Å²) in [6.07, 6.45) is 1.64. The zero-order valence-corrected chi connectivity index (χ0v) is 19.6. The summed E-state index contributed by atoms with van der Waals surface area (Å²) in [5.41, 5.74) is 3.19. The summed E-state index contributed by atoms with van der Waals surface area (Å²) in [4.78, 5) is 19.7. The molecule has 174 valence electrons. The first kappa shape index (κ1) is 23.0. The normalized spacial score (nSPS) is 15.8. The van der Waals surface area contributed by atoms with E-state index in [1.54, 1.807) is 0 Å². The standard InChI is InChI=1S/C26H32N4O3/c1-4-32-22-11-9-20(10-12-22)19(3)27-26(31)21-13-15-30(16-14-21)17-24-28-25(29-33-24)23-8-6-5-7-18(23)2/h5-12,19,21H,4,13-17H2,1-3H3,(H,27,31). The molecule has 0 saturated carbocycles. The van der Waals surface area contributed by atoms with E-state index in [0.717, 1.165) is 48.4 Å². The molecule has 2 aromatic carbocycles. The smallest absolute Gasteiger partial charge is 0.241 e. The number of rotatable bonds is 8. The van der Waals surface area contributed by atoms with Crippen LogP contribution in [0.5, 0.6) is 5.75 Å². The van der Waals surface area contributed by atoms with E-state index in [0.29, 0.717) is 24.9 Å². The number of hydrogen-bond acceptors (Lipinski definition) is 6. The molecule has 2 heterocycles. The number of aryl methyl sites for hydroxylation is 1. The van der Waals surface area contributed by atoms with Crippen molar-refractivity contribution in [3.05, 3.63) is 65.5 Å². The highest BCUT2D eigenvalue weighted by Crippen LogP contribution is 2.24. The fourth-order valence-electron chi connectivity index (χ4n) is 4.23. The van der Waals surface area contributed by atoms with Crippen molar-refractivity contribution in [2.75, 3.05) is 19.7 Å². The Balaban J connectivity index is 1.25. The number of aromatic nitrogens is 2. The number of hydrogen-bond donors (Lipinski definition) is 1. The second-order valence-electron chi connectivity index (χ2n) is 8.61. The molecule has 4 rings (SSSR count). The van der Waals surface area contributed by atoms with Gasteiger partial charge in [0.25, 0.3) is 0 Å². The van der Waals surface area contributed by atoms with Crippen LogP contribution in [0.15, 0.2) is 53.1 Å². The van der Waals surface area contributed by atoms with Gasteiger partial charge in [-0.1, -0.05) is 41.6 Å². The predicted octanol–water partition coefficient (Wildman–Crippen LogP) is 4.53. The molecule has 1 saturated heterocycles. The first-order valence-electron chi connectivity index (χ1n) is 11.7. The molecule has 1 unspecified atom stereocenters. The van der Waals surface area contributed by atoms with Gasteiger partial charge in [-0.3, -0.25) is 9.69 Å². The number of nitrogens with zero attached hydrogens (tertiary/aromatic N) is 3. The summed E-state index contributed by atoms with van der Waals surface area (Å²) in [6.45, 7) is 8.94. The number of nitrogens with one attached hydrogen (secondary N) is 1. The summed E-state index contributed by atoms with van der Waals surface area (Å²) in [5, 5.41) is 7.32. The van der Waals surface area contributed by atoms with Crippen LogP contribution in [-0.2, 0) is 11.3 Å². The van der Waals surface area contributed by atoms with Crippen molar-refractivity contribution < 1.29 is 14.1 Å². The largest absolute Gasteiger partial charge is 0.494 e. The Bertz CT molecular complexity index is 1060. The molecule has 7 nitrogen and oxygen atoms in total.